The number of ether oxygens (including phenoxy) is 2. The maximum absolute atomic E-state index is 12.0. The zero-order valence-corrected chi connectivity index (χ0v) is 14.1. The molecule has 0 amide bonds. The molecule has 0 spiro atoms. The lowest BCUT2D eigenvalue weighted by atomic mass is 10.2. The van der Waals surface area contributed by atoms with Gasteiger partial charge in [0.1, 0.15) is 24.7 Å². The van der Waals surface area contributed by atoms with Crippen LogP contribution in [-0.2, 0) is 4.74 Å². The van der Waals surface area contributed by atoms with E-state index < -0.39 is 5.97 Å². The number of pyridine rings is 1. The fourth-order valence-corrected chi connectivity index (χ4v) is 2.59. The van der Waals surface area contributed by atoms with E-state index in [-0.39, 0.29) is 18.9 Å². The molecule has 1 aromatic heterocycles. The highest BCUT2D eigenvalue weighted by atomic mass is 35.5. The molecule has 4 nitrogen and oxygen atoms in total. The largest absolute Gasteiger partial charge is 0.488 e. The van der Waals surface area contributed by atoms with E-state index in [1.54, 1.807) is 24.3 Å². The summed E-state index contributed by atoms with van der Waals surface area (Å²) in [6, 6.07) is 16.0. The van der Waals surface area contributed by atoms with Crippen molar-refractivity contribution < 1.29 is 14.3 Å². The van der Waals surface area contributed by atoms with Gasteiger partial charge in [-0.3, -0.25) is 0 Å². The van der Waals surface area contributed by atoms with Gasteiger partial charge in [0, 0.05) is 10.4 Å². The standard InChI is InChI=1S/C18H13Cl2NO3/c19-13-6-8-17(14(20)11-13)23-9-10-24-18(22)16-7-5-12-3-1-2-4-15(12)21-16/h1-8,11H,9-10H2. The third-order valence-electron chi connectivity index (χ3n) is 3.28. The molecule has 1 heterocycles. The monoisotopic (exact) mass is 361 g/mol. The van der Waals surface area contributed by atoms with Gasteiger partial charge in [0.05, 0.1) is 10.5 Å². The number of fused-ring (bicyclic) bond motifs is 1. The lowest BCUT2D eigenvalue weighted by Crippen LogP contribution is -2.13. The first-order chi connectivity index (χ1) is 11.6. The van der Waals surface area contributed by atoms with E-state index in [9.17, 15) is 4.79 Å². The number of nitrogens with zero attached hydrogens (tertiary/aromatic N) is 1. The van der Waals surface area contributed by atoms with E-state index in [4.69, 9.17) is 32.7 Å². The summed E-state index contributed by atoms with van der Waals surface area (Å²) < 4.78 is 10.6. The summed E-state index contributed by atoms with van der Waals surface area (Å²) in [5.41, 5.74) is 1.01. The SMILES string of the molecule is O=C(OCCOc1ccc(Cl)cc1Cl)c1ccc2ccccc2n1. The summed E-state index contributed by atoms with van der Waals surface area (Å²) in [7, 11) is 0. The van der Waals surface area contributed by atoms with Crippen molar-refractivity contribution in [1.82, 2.24) is 4.98 Å². The predicted octanol–water partition coefficient (Wildman–Crippen LogP) is 4.78. The van der Waals surface area contributed by atoms with Crippen LogP contribution in [-0.4, -0.2) is 24.2 Å². The van der Waals surface area contributed by atoms with Gasteiger partial charge in [0.15, 0.2) is 0 Å². The van der Waals surface area contributed by atoms with Crippen LogP contribution in [0.2, 0.25) is 10.0 Å². The van der Waals surface area contributed by atoms with E-state index in [1.807, 2.05) is 30.3 Å². The number of para-hydroxylation sites is 1. The van der Waals surface area contributed by atoms with Crippen LogP contribution in [0.4, 0.5) is 0 Å². The highest BCUT2D eigenvalue weighted by molar-refractivity contribution is 6.35. The number of hydrogen-bond acceptors (Lipinski definition) is 4. The molecule has 122 valence electrons. The molecule has 0 saturated carbocycles. The van der Waals surface area contributed by atoms with E-state index in [0.717, 1.165) is 10.9 Å². The Labute approximate surface area is 148 Å². The molecule has 0 aliphatic rings. The number of carbonyl (C=O) groups is 1. The van der Waals surface area contributed by atoms with Crippen molar-refractivity contribution >= 4 is 40.1 Å². The number of carbonyl (C=O) groups excluding carboxylic acids is 1. The third-order valence-corrected chi connectivity index (χ3v) is 3.81. The minimum Gasteiger partial charge on any atom is -0.488 e. The Kier molecular flexibility index (Phi) is 5.18. The molecule has 0 saturated heterocycles. The third kappa shape index (κ3) is 3.96. The highest BCUT2D eigenvalue weighted by Gasteiger charge is 2.10. The summed E-state index contributed by atoms with van der Waals surface area (Å²) in [4.78, 5) is 16.3. The van der Waals surface area contributed by atoms with Crippen LogP contribution in [0.25, 0.3) is 10.9 Å². The molecule has 0 bridgehead atoms. The maximum Gasteiger partial charge on any atom is 0.357 e. The molecule has 3 rings (SSSR count). The van der Waals surface area contributed by atoms with E-state index in [0.29, 0.717) is 15.8 Å². The molecular formula is C18H13Cl2NO3. The fourth-order valence-electron chi connectivity index (χ4n) is 2.13. The number of halogens is 2. The molecule has 24 heavy (non-hydrogen) atoms. The van der Waals surface area contributed by atoms with Crippen molar-refractivity contribution in [2.75, 3.05) is 13.2 Å². The first-order valence-electron chi connectivity index (χ1n) is 7.24. The zero-order valence-electron chi connectivity index (χ0n) is 12.5. The minimum absolute atomic E-state index is 0.0896. The van der Waals surface area contributed by atoms with Crippen molar-refractivity contribution in [2.24, 2.45) is 0 Å². The van der Waals surface area contributed by atoms with E-state index in [2.05, 4.69) is 4.98 Å². The molecular weight excluding hydrogens is 349 g/mol. The van der Waals surface area contributed by atoms with Gasteiger partial charge in [-0.05, 0) is 30.3 Å². The number of benzene rings is 2. The molecule has 3 aromatic rings. The number of rotatable bonds is 5. The van der Waals surface area contributed by atoms with Crippen molar-refractivity contribution in [3.63, 3.8) is 0 Å². The Morgan fingerprint density at radius 3 is 2.67 bits per heavy atom. The van der Waals surface area contributed by atoms with Crippen LogP contribution >= 0.6 is 23.2 Å². The Morgan fingerprint density at radius 2 is 1.83 bits per heavy atom. The van der Waals surface area contributed by atoms with Crippen molar-refractivity contribution in [2.45, 2.75) is 0 Å². The summed E-state index contributed by atoms with van der Waals surface area (Å²) >= 11 is 11.8. The summed E-state index contributed by atoms with van der Waals surface area (Å²) in [6.07, 6.45) is 0. The van der Waals surface area contributed by atoms with Crippen LogP contribution < -0.4 is 4.74 Å². The zero-order chi connectivity index (χ0) is 16.9. The Bertz CT molecular complexity index is 883. The molecule has 0 aliphatic heterocycles. The smallest absolute Gasteiger partial charge is 0.357 e. The lowest BCUT2D eigenvalue weighted by Gasteiger charge is -2.09. The minimum atomic E-state index is -0.494. The molecule has 0 atom stereocenters. The van der Waals surface area contributed by atoms with Gasteiger partial charge < -0.3 is 9.47 Å². The van der Waals surface area contributed by atoms with Crippen LogP contribution in [0, 0.1) is 0 Å². The summed E-state index contributed by atoms with van der Waals surface area (Å²) in [5.74, 6) is -0.00694. The molecule has 0 aliphatic carbocycles. The molecule has 0 radical (unpaired) electrons. The Hall–Kier alpha value is -2.30. The normalized spacial score (nSPS) is 10.6. The Balaban J connectivity index is 1.55. The quantitative estimate of drug-likeness (QED) is 0.484. The van der Waals surface area contributed by atoms with Gasteiger partial charge in [-0.15, -0.1) is 0 Å². The predicted molar refractivity (Wildman–Crippen MR) is 94.0 cm³/mol. The van der Waals surface area contributed by atoms with Crippen molar-refractivity contribution in [1.29, 1.82) is 0 Å². The second kappa shape index (κ2) is 7.51. The van der Waals surface area contributed by atoms with E-state index in [1.165, 1.54) is 0 Å². The average Bonchev–Trinajstić information content (AvgIpc) is 2.59. The molecule has 0 unspecified atom stereocenters. The van der Waals surface area contributed by atoms with Gasteiger partial charge in [-0.25, -0.2) is 9.78 Å². The Morgan fingerprint density at radius 1 is 1.00 bits per heavy atom. The van der Waals surface area contributed by atoms with Crippen LogP contribution in [0.15, 0.2) is 54.6 Å². The number of aromatic nitrogens is 1. The van der Waals surface area contributed by atoms with E-state index >= 15 is 0 Å². The van der Waals surface area contributed by atoms with Crippen LogP contribution in [0.3, 0.4) is 0 Å². The van der Waals surface area contributed by atoms with Crippen LogP contribution in [0.1, 0.15) is 10.5 Å². The fraction of sp³-hybridized carbons (Fsp3) is 0.111. The van der Waals surface area contributed by atoms with Crippen molar-refractivity contribution in [3.8, 4) is 5.75 Å². The molecule has 0 N–H and O–H groups in total. The van der Waals surface area contributed by atoms with Crippen molar-refractivity contribution in [3.05, 3.63) is 70.3 Å². The number of esters is 1. The second-order valence-electron chi connectivity index (χ2n) is 4.95. The topological polar surface area (TPSA) is 48.4 Å². The molecule has 6 heteroatoms. The highest BCUT2D eigenvalue weighted by Crippen LogP contribution is 2.27. The van der Waals surface area contributed by atoms with Gasteiger partial charge in [-0.1, -0.05) is 47.5 Å². The molecule has 2 aromatic carbocycles. The van der Waals surface area contributed by atoms with Gasteiger partial charge in [0.2, 0.25) is 0 Å². The van der Waals surface area contributed by atoms with Gasteiger partial charge in [-0.2, -0.15) is 0 Å². The molecule has 0 fully saturated rings. The number of hydrogen-bond donors (Lipinski definition) is 0. The van der Waals surface area contributed by atoms with Crippen LogP contribution in [0.5, 0.6) is 5.75 Å². The van der Waals surface area contributed by atoms with Gasteiger partial charge in [0.25, 0.3) is 0 Å². The average molecular weight is 362 g/mol. The second-order valence-corrected chi connectivity index (χ2v) is 5.79. The summed E-state index contributed by atoms with van der Waals surface area (Å²) in [6.45, 7) is 0.271. The summed E-state index contributed by atoms with van der Waals surface area (Å²) in [5, 5.41) is 1.90. The maximum atomic E-state index is 12.0. The first-order valence-corrected chi connectivity index (χ1v) is 8.00. The van der Waals surface area contributed by atoms with Gasteiger partial charge >= 0.3 is 5.97 Å². The first kappa shape index (κ1) is 16.6. The lowest BCUT2D eigenvalue weighted by molar-refractivity contribution is 0.0444.